The van der Waals surface area contributed by atoms with Crippen LogP contribution in [0.4, 0.5) is 5.82 Å². The highest BCUT2D eigenvalue weighted by Gasteiger charge is 2.20. The average Bonchev–Trinajstić information content (AvgIpc) is 2.81. The van der Waals surface area contributed by atoms with Crippen LogP contribution in [0.2, 0.25) is 0 Å². The van der Waals surface area contributed by atoms with Gasteiger partial charge < -0.3 is 11.1 Å². The van der Waals surface area contributed by atoms with Crippen molar-refractivity contribution in [3.8, 4) is 0 Å². The number of nitrogens with two attached hydrogens (primary N) is 1. The van der Waals surface area contributed by atoms with Gasteiger partial charge in [-0.2, -0.15) is 11.8 Å². The number of hydrogen-bond donors (Lipinski definition) is 2. The lowest BCUT2D eigenvalue weighted by Crippen LogP contribution is -2.35. The molecule has 6 heteroatoms. The van der Waals surface area contributed by atoms with Crippen molar-refractivity contribution in [2.75, 3.05) is 16.8 Å². The van der Waals surface area contributed by atoms with E-state index in [9.17, 15) is 9.59 Å². The molecule has 0 fully saturated rings. The second-order valence-corrected chi connectivity index (χ2v) is 10.7. The lowest BCUT2D eigenvalue weighted by Gasteiger charge is -2.17. The van der Waals surface area contributed by atoms with Crippen LogP contribution in [0.25, 0.3) is 0 Å². The van der Waals surface area contributed by atoms with Crippen LogP contribution >= 0.6 is 11.8 Å². The number of hydrogen-bond acceptors (Lipinski definition) is 5. The number of anilines is 1. The van der Waals surface area contributed by atoms with E-state index in [1.54, 1.807) is 24.0 Å². The molecule has 0 aliphatic carbocycles. The van der Waals surface area contributed by atoms with Gasteiger partial charge in [-0.25, -0.2) is 4.98 Å². The summed E-state index contributed by atoms with van der Waals surface area (Å²) in [5.41, 5.74) is 10.9. The first-order valence-corrected chi connectivity index (χ1v) is 14.0. The fourth-order valence-corrected chi connectivity index (χ4v) is 4.55. The number of primary amides is 1. The van der Waals surface area contributed by atoms with Gasteiger partial charge in [0.05, 0.1) is 12.5 Å². The summed E-state index contributed by atoms with van der Waals surface area (Å²) in [6, 6.07) is 4.97. The first-order valence-electron chi connectivity index (χ1n) is 12.8. The van der Waals surface area contributed by atoms with E-state index < -0.39 is 11.9 Å². The van der Waals surface area contributed by atoms with Crippen molar-refractivity contribution >= 4 is 29.3 Å². The van der Waals surface area contributed by atoms with Crippen LogP contribution in [-0.2, 0) is 9.59 Å². The summed E-state index contributed by atoms with van der Waals surface area (Å²) in [6.07, 6.45) is 17.2. The highest BCUT2D eigenvalue weighted by molar-refractivity contribution is 7.99. The van der Waals surface area contributed by atoms with Crippen molar-refractivity contribution in [2.45, 2.75) is 85.6 Å². The molecule has 1 heterocycles. The number of amides is 1. The molecule has 3 N–H and O–H groups in total. The number of ketones is 1. The molecule has 198 valence electrons. The Morgan fingerprint density at radius 2 is 1.50 bits per heavy atom. The quantitative estimate of drug-likeness (QED) is 0.124. The predicted molar refractivity (Wildman–Crippen MR) is 156 cm³/mol. The lowest BCUT2D eigenvalue weighted by molar-refractivity contribution is -0.126. The predicted octanol–water partition coefficient (Wildman–Crippen LogP) is 7.19. The van der Waals surface area contributed by atoms with Gasteiger partial charge in [0, 0.05) is 17.7 Å². The van der Waals surface area contributed by atoms with E-state index in [4.69, 9.17) is 5.73 Å². The van der Waals surface area contributed by atoms with E-state index in [0.717, 1.165) is 44.3 Å². The Morgan fingerprint density at radius 1 is 0.917 bits per heavy atom. The van der Waals surface area contributed by atoms with Crippen molar-refractivity contribution < 1.29 is 9.59 Å². The number of Topliss-reactive ketones (excluding diaryl/α,β-unsaturated/α-hetero) is 1. The molecule has 36 heavy (non-hydrogen) atoms. The molecule has 0 aromatic carbocycles. The summed E-state index contributed by atoms with van der Waals surface area (Å²) in [5, 5.41) is 3.13. The molecule has 1 aromatic heterocycles. The summed E-state index contributed by atoms with van der Waals surface area (Å²) in [7, 11) is 0. The first kappa shape index (κ1) is 31.4. The molecule has 1 atom stereocenters. The van der Waals surface area contributed by atoms with Gasteiger partial charge in [-0.05, 0) is 85.3 Å². The number of pyridine rings is 1. The van der Waals surface area contributed by atoms with Crippen LogP contribution in [0.5, 0.6) is 0 Å². The van der Waals surface area contributed by atoms with Crippen LogP contribution in [0.3, 0.4) is 0 Å². The Bertz CT molecular complexity index is 929. The average molecular weight is 512 g/mol. The van der Waals surface area contributed by atoms with Crippen molar-refractivity contribution in [3.63, 3.8) is 0 Å². The van der Waals surface area contributed by atoms with Crippen molar-refractivity contribution in [1.82, 2.24) is 4.98 Å². The third-order valence-corrected chi connectivity index (χ3v) is 6.68. The van der Waals surface area contributed by atoms with E-state index >= 15 is 0 Å². The molecule has 1 unspecified atom stereocenters. The highest BCUT2D eigenvalue weighted by Crippen LogP contribution is 2.15. The van der Waals surface area contributed by atoms with E-state index in [0.29, 0.717) is 11.6 Å². The first-order chi connectivity index (χ1) is 17.2. The zero-order chi connectivity index (χ0) is 26.8. The minimum absolute atomic E-state index is 0.208. The Kier molecular flexibility index (Phi) is 16.3. The van der Waals surface area contributed by atoms with Crippen molar-refractivity contribution in [1.29, 1.82) is 0 Å². The molecule has 1 amide bonds. The number of rotatable bonds is 18. The number of nitrogens with one attached hydrogen (secondary N) is 1. The van der Waals surface area contributed by atoms with Crippen LogP contribution in [-0.4, -0.2) is 34.2 Å². The molecule has 0 bridgehead atoms. The maximum Gasteiger partial charge on any atom is 0.224 e. The normalized spacial score (nSPS) is 13.3. The number of allylic oxidation sites excluding steroid dienone is 7. The second kappa shape index (κ2) is 18.6. The molecular weight excluding hydrogens is 466 g/mol. The fraction of sp³-hybridized carbons (Fsp3) is 0.500. The molecule has 0 radical (unpaired) electrons. The lowest BCUT2D eigenvalue weighted by atomic mass is 10.0. The highest BCUT2D eigenvalue weighted by atomic mass is 32.2. The summed E-state index contributed by atoms with van der Waals surface area (Å²) in [6.45, 7) is 10.9. The molecule has 0 spiro atoms. The molecule has 0 saturated heterocycles. The Morgan fingerprint density at radius 3 is 2.03 bits per heavy atom. The van der Waals surface area contributed by atoms with Crippen LogP contribution in [0.1, 0.15) is 79.6 Å². The monoisotopic (exact) mass is 511 g/mol. The SMILES string of the molecule is CC(C)=CCC/C(C)=C/CC/C(C)=C/CC/C(C)=C/CSCC(Nc1ccccn1)C(=O)CC(N)=O. The molecule has 0 saturated carbocycles. The standard InChI is InChI=1S/C30H45N3O2S/c1-23(2)11-8-12-24(3)13-9-14-25(4)15-10-16-26(5)18-20-36-22-27(28(34)21-29(31)35)33-30-17-6-7-19-32-30/h6-7,11,13,15,17-19,27H,8-10,12,14,16,20-22H2,1-5H3,(H2,31,35)(H,32,33)/b24-13+,25-15+,26-18+. The Labute approximate surface area is 222 Å². The molecule has 1 aromatic rings. The molecule has 1 rings (SSSR count). The van der Waals surface area contributed by atoms with E-state index in [-0.39, 0.29) is 12.2 Å². The third kappa shape index (κ3) is 16.1. The van der Waals surface area contributed by atoms with Gasteiger partial charge >= 0.3 is 0 Å². The van der Waals surface area contributed by atoms with Gasteiger partial charge in [0.2, 0.25) is 5.91 Å². The summed E-state index contributed by atoms with van der Waals surface area (Å²) in [5.74, 6) is 1.16. The van der Waals surface area contributed by atoms with E-state index in [1.165, 1.54) is 22.3 Å². The molecule has 5 nitrogen and oxygen atoms in total. The maximum atomic E-state index is 12.4. The molecule has 0 aliphatic rings. The fourth-order valence-electron chi connectivity index (χ4n) is 3.51. The van der Waals surface area contributed by atoms with E-state index in [1.807, 2.05) is 12.1 Å². The van der Waals surface area contributed by atoms with Gasteiger partial charge in [-0.1, -0.05) is 52.7 Å². The number of nitrogens with zero attached hydrogens (tertiary/aromatic N) is 1. The minimum atomic E-state index is -0.609. The van der Waals surface area contributed by atoms with Crippen LogP contribution in [0.15, 0.2) is 71.0 Å². The summed E-state index contributed by atoms with van der Waals surface area (Å²) >= 11 is 1.66. The molecule has 0 aliphatic heterocycles. The number of carbonyl (C=O) groups is 2. The zero-order valence-electron chi connectivity index (χ0n) is 22.8. The van der Waals surface area contributed by atoms with Crippen LogP contribution < -0.4 is 11.1 Å². The zero-order valence-corrected chi connectivity index (χ0v) is 23.6. The van der Waals surface area contributed by atoms with Gasteiger partial charge in [0.15, 0.2) is 5.78 Å². The van der Waals surface area contributed by atoms with E-state index in [2.05, 4.69) is 69.2 Å². The second-order valence-electron chi connectivity index (χ2n) is 9.61. The number of carbonyl (C=O) groups excluding carboxylic acids is 2. The summed E-state index contributed by atoms with van der Waals surface area (Å²) in [4.78, 5) is 27.9. The number of thioether (sulfide) groups is 1. The Hall–Kier alpha value is -2.60. The van der Waals surface area contributed by atoms with Crippen LogP contribution in [0, 0.1) is 0 Å². The van der Waals surface area contributed by atoms with Gasteiger partial charge in [0.25, 0.3) is 0 Å². The van der Waals surface area contributed by atoms with Gasteiger partial charge in [-0.3, -0.25) is 9.59 Å². The summed E-state index contributed by atoms with van der Waals surface area (Å²) < 4.78 is 0. The van der Waals surface area contributed by atoms with Crippen molar-refractivity contribution in [2.24, 2.45) is 5.73 Å². The van der Waals surface area contributed by atoms with Gasteiger partial charge in [-0.15, -0.1) is 0 Å². The third-order valence-electron chi connectivity index (χ3n) is 5.71. The van der Waals surface area contributed by atoms with Gasteiger partial charge in [0.1, 0.15) is 5.82 Å². The topological polar surface area (TPSA) is 85.1 Å². The molecular formula is C30H45N3O2S. The Balaban J connectivity index is 2.39. The smallest absolute Gasteiger partial charge is 0.224 e. The maximum absolute atomic E-state index is 12.4. The largest absolute Gasteiger partial charge is 0.369 e. The number of aromatic nitrogens is 1. The van der Waals surface area contributed by atoms with Crippen molar-refractivity contribution in [3.05, 3.63) is 71.0 Å². The minimum Gasteiger partial charge on any atom is -0.369 e.